The van der Waals surface area contributed by atoms with Crippen LogP contribution >= 0.6 is 0 Å². The standard InChI is InChI=1S/C13H21N3O/c1-15-7-5-14-13(15)4-6-16-10-2-3-11(16)9-12(17)8-10/h5,7,10-12,17H,2-4,6,8-9H2,1H3. The molecular formula is C13H21N3O. The molecule has 0 aliphatic carbocycles. The first-order valence-corrected chi connectivity index (χ1v) is 6.64. The van der Waals surface area contributed by atoms with Crippen LogP contribution in [0.1, 0.15) is 31.5 Å². The molecule has 1 aromatic heterocycles. The van der Waals surface area contributed by atoms with Gasteiger partial charge in [-0.25, -0.2) is 4.98 Å². The van der Waals surface area contributed by atoms with E-state index >= 15 is 0 Å². The summed E-state index contributed by atoms with van der Waals surface area (Å²) in [5, 5.41) is 9.76. The third-order valence-electron chi connectivity index (χ3n) is 4.37. The molecule has 94 valence electrons. The van der Waals surface area contributed by atoms with Crippen LogP contribution in [0.5, 0.6) is 0 Å². The molecule has 1 aromatic rings. The van der Waals surface area contributed by atoms with Crippen molar-refractivity contribution >= 4 is 0 Å². The summed E-state index contributed by atoms with van der Waals surface area (Å²) in [5.41, 5.74) is 0. The van der Waals surface area contributed by atoms with Gasteiger partial charge in [0.25, 0.3) is 0 Å². The van der Waals surface area contributed by atoms with E-state index in [1.54, 1.807) is 0 Å². The molecule has 3 rings (SSSR count). The van der Waals surface area contributed by atoms with Crippen molar-refractivity contribution in [3.8, 4) is 0 Å². The zero-order chi connectivity index (χ0) is 11.8. The molecule has 17 heavy (non-hydrogen) atoms. The monoisotopic (exact) mass is 235 g/mol. The molecule has 2 aliphatic heterocycles. The molecule has 2 saturated heterocycles. The van der Waals surface area contributed by atoms with Gasteiger partial charge in [-0.3, -0.25) is 4.90 Å². The second-order valence-corrected chi connectivity index (χ2v) is 5.45. The molecule has 0 saturated carbocycles. The van der Waals surface area contributed by atoms with Crippen molar-refractivity contribution in [2.45, 2.75) is 50.3 Å². The topological polar surface area (TPSA) is 41.3 Å². The number of aromatic nitrogens is 2. The van der Waals surface area contributed by atoms with Gasteiger partial charge in [0.2, 0.25) is 0 Å². The fourth-order valence-electron chi connectivity index (χ4n) is 3.48. The first-order valence-electron chi connectivity index (χ1n) is 6.64. The van der Waals surface area contributed by atoms with E-state index in [1.807, 2.05) is 12.4 Å². The fourth-order valence-corrected chi connectivity index (χ4v) is 3.48. The Labute approximate surface area is 102 Å². The molecule has 0 amide bonds. The van der Waals surface area contributed by atoms with Gasteiger partial charge in [0.1, 0.15) is 5.82 Å². The van der Waals surface area contributed by atoms with E-state index in [2.05, 4.69) is 21.5 Å². The molecule has 2 fully saturated rings. The average molecular weight is 235 g/mol. The van der Waals surface area contributed by atoms with Crippen molar-refractivity contribution in [3.05, 3.63) is 18.2 Å². The summed E-state index contributed by atoms with van der Waals surface area (Å²) in [5.74, 6) is 1.16. The lowest BCUT2D eigenvalue weighted by Gasteiger charge is -2.37. The van der Waals surface area contributed by atoms with Crippen molar-refractivity contribution in [1.29, 1.82) is 0 Å². The smallest absolute Gasteiger partial charge is 0.109 e. The van der Waals surface area contributed by atoms with Gasteiger partial charge in [-0.05, 0) is 25.7 Å². The Morgan fingerprint density at radius 1 is 1.35 bits per heavy atom. The maximum absolute atomic E-state index is 9.76. The van der Waals surface area contributed by atoms with E-state index in [1.165, 1.54) is 12.8 Å². The highest BCUT2D eigenvalue weighted by Crippen LogP contribution is 2.35. The lowest BCUT2D eigenvalue weighted by Crippen LogP contribution is -2.45. The number of aliphatic hydroxyl groups excluding tert-OH is 1. The summed E-state index contributed by atoms with van der Waals surface area (Å²) in [6.45, 7) is 1.09. The largest absolute Gasteiger partial charge is 0.393 e. The Morgan fingerprint density at radius 2 is 2.06 bits per heavy atom. The molecule has 0 aromatic carbocycles. The summed E-state index contributed by atoms with van der Waals surface area (Å²) >= 11 is 0. The second kappa shape index (κ2) is 4.42. The fraction of sp³-hybridized carbons (Fsp3) is 0.769. The summed E-state index contributed by atoms with van der Waals surface area (Å²) in [6, 6.07) is 1.23. The summed E-state index contributed by atoms with van der Waals surface area (Å²) in [4.78, 5) is 6.97. The molecule has 1 N–H and O–H groups in total. The molecular weight excluding hydrogens is 214 g/mol. The molecule has 3 heterocycles. The molecule has 4 heteroatoms. The number of aliphatic hydroxyl groups is 1. The van der Waals surface area contributed by atoms with Crippen LogP contribution in [0.2, 0.25) is 0 Å². The number of hydrogen-bond donors (Lipinski definition) is 1. The van der Waals surface area contributed by atoms with Crippen LogP contribution < -0.4 is 0 Å². The van der Waals surface area contributed by atoms with Crippen molar-refractivity contribution in [2.24, 2.45) is 7.05 Å². The summed E-state index contributed by atoms with van der Waals surface area (Å²) in [6.07, 6.45) is 9.30. The number of hydrogen-bond acceptors (Lipinski definition) is 3. The van der Waals surface area contributed by atoms with Crippen LogP contribution in [0.25, 0.3) is 0 Å². The lowest BCUT2D eigenvalue weighted by molar-refractivity contribution is 0.0359. The highest BCUT2D eigenvalue weighted by atomic mass is 16.3. The van der Waals surface area contributed by atoms with Crippen molar-refractivity contribution in [1.82, 2.24) is 14.5 Å². The van der Waals surface area contributed by atoms with Gasteiger partial charge in [-0.1, -0.05) is 0 Å². The number of nitrogens with zero attached hydrogens (tertiary/aromatic N) is 3. The maximum atomic E-state index is 9.76. The zero-order valence-electron chi connectivity index (χ0n) is 10.4. The third kappa shape index (κ3) is 2.11. The van der Waals surface area contributed by atoms with Crippen molar-refractivity contribution in [2.75, 3.05) is 6.54 Å². The maximum Gasteiger partial charge on any atom is 0.109 e. The van der Waals surface area contributed by atoms with Crippen LogP contribution in [0.3, 0.4) is 0 Å². The van der Waals surface area contributed by atoms with Crippen LogP contribution in [-0.2, 0) is 13.5 Å². The molecule has 0 spiro atoms. The number of aryl methyl sites for hydroxylation is 1. The van der Waals surface area contributed by atoms with E-state index in [0.717, 1.165) is 31.6 Å². The van der Waals surface area contributed by atoms with Crippen LogP contribution in [0, 0.1) is 0 Å². The minimum absolute atomic E-state index is 0.0584. The van der Waals surface area contributed by atoms with Gasteiger partial charge < -0.3 is 9.67 Å². The SMILES string of the molecule is Cn1ccnc1CCN1C2CCC1CC(O)C2. The first-order chi connectivity index (χ1) is 8.24. The Morgan fingerprint density at radius 3 is 2.65 bits per heavy atom. The zero-order valence-corrected chi connectivity index (χ0v) is 10.4. The normalized spacial score (nSPS) is 33.2. The van der Waals surface area contributed by atoms with Gasteiger partial charge >= 0.3 is 0 Å². The van der Waals surface area contributed by atoms with Crippen molar-refractivity contribution < 1.29 is 5.11 Å². The Balaban J connectivity index is 1.61. The number of imidazole rings is 1. The summed E-state index contributed by atoms with van der Waals surface area (Å²) < 4.78 is 2.10. The minimum atomic E-state index is -0.0584. The molecule has 2 unspecified atom stereocenters. The quantitative estimate of drug-likeness (QED) is 0.848. The van der Waals surface area contributed by atoms with Crippen molar-refractivity contribution in [3.63, 3.8) is 0 Å². The van der Waals surface area contributed by atoms with Gasteiger partial charge in [0.05, 0.1) is 6.10 Å². The van der Waals surface area contributed by atoms with E-state index in [9.17, 15) is 5.11 Å². The number of fused-ring (bicyclic) bond motifs is 2. The predicted octanol–water partition coefficient (Wildman–Crippen LogP) is 0.950. The Kier molecular flexibility index (Phi) is 2.92. The van der Waals surface area contributed by atoms with Gasteiger partial charge in [0, 0.05) is 44.5 Å². The highest BCUT2D eigenvalue weighted by molar-refractivity contribution is 4.98. The average Bonchev–Trinajstić information content (AvgIpc) is 2.79. The van der Waals surface area contributed by atoms with E-state index in [4.69, 9.17) is 0 Å². The number of rotatable bonds is 3. The Bertz CT molecular complexity index is 376. The van der Waals surface area contributed by atoms with E-state index in [-0.39, 0.29) is 6.10 Å². The molecule has 2 atom stereocenters. The molecule has 4 nitrogen and oxygen atoms in total. The molecule has 2 bridgehead atoms. The van der Waals surface area contributed by atoms with E-state index in [0.29, 0.717) is 12.1 Å². The van der Waals surface area contributed by atoms with Crippen LogP contribution in [-0.4, -0.2) is 44.3 Å². The molecule has 2 aliphatic rings. The lowest BCUT2D eigenvalue weighted by atomic mass is 10.00. The van der Waals surface area contributed by atoms with Crippen LogP contribution in [0.15, 0.2) is 12.4 Å². The molecule has 0 radical (unpaired) electrons. The van der Waals surface area contributed by atoms with Gasteiger partial charge in [-0.15, -0.1) is 0 Å². The van der Waals surface area contributed by atoms with Gasteiger partial charge in [-0.2, -0.15) is 0 Å². The predicted molar refractivity (Wildman–Crippen MR) is 65.7 cm³/mol. The highest BCUT2D eigenvalue weighted by Gasteiger charge is 2.39. The minimum Gasteiger partial charge on any atom is -0.393 e. The first kappa shape index (κ1) is 11.2. The van der Waals surface area contributed by atoms with Crippen LogP contribution in [0.4, 0.5) is 0 Å². The summed E-state index contributed by atoms with van der Waals surface area (Å²) in [7, 11) is 2.05. The van der Waals surface area contributed by atoms with E-state index < -0.39 is 0 Å². The van der Waals surface area contributed by atoms with Gasteiger partial charge in [0.15, 0.2) is 0 Å². The third-order valence-corrected chi connectivity index (χ3v) is 4.37. The number of piperidine rings is 1. The second-order valence-electron chi connectivity index (χ2n) is 5.45. The Hall–Kier alpha value is -0.870.